The van der Waals surface area contributed by atoms with Crippen LogP contribution in [0.25, 0.3) is 11.1 Å². The summed E-state index contributed by atoms with van der Waals surface area (Å²) in [4.78, 5) is 24.2. The average molecular weight is 392 g/mol. The lowest BCUT2D eigenvalue weighted by molar-refractivity contribution is 0.0378. The van der Waals surface area contributed by atoms with Gasteiger partial charge in [-0.15, -0.1) is 0 Å². The molecule has 0 heterocycles. The van der Waals surface area contributed by atoms with E-state index in [2.05, 4.69) is 0 Å². The normalized spacial score (nSPS) is 10.7. The Morgan fingerprint density at radius 3 is 2.03 bits per heavy atom. The van der Waals surface area contributed by atoms with Crippen LogP contribution in [0.15, 0.2) is 66.7 Å². The van der Waals surface area contributed by atoms with Crippen molar-refractivity contribution in [2.45, 2.75) is 26.9 Å². The van der Waals surface area contributed by atoms with Crippen LogP contribution in [0.1, 0.15) is 40.1 Å². The Labute approximate surface area is 168 Å². The molecule has 4 nitrogen and oxygen atoms in total. The predicted octanol–water partition coefficient (Wildman–Crippen LogP) is 5.59. The van der Waals surface area contributed by atoms with E-state index in [9.17, 15) is 14.0 Å². The molecule has 148 valence electrons. The van der Waals surface area contributed by atoms with Gasteiger partial charge in [-0.2, -0.15) is 0 Å². The average Bonchev–Trinajstić information content (AvgIpc) is 2.68. The monoisotopic (exact) mass is 392 g/mol. The number of benzene rings is 3. The number of hydrogen-bond acceptors (Lipinski definition) is 4. The van der Waals surface area contributed by atoms with Gasteiger partial charge in [0.05, 0.1) is 17.2 Å². The summed E-state index contributed by atoms with van der Waals surface area (Å²) in [6.07, 6.45) is -0.231. The third kappa shape index (κ3) is 5.08. The molecule has 0 fully saturated rings. The van der Waals surface area contributed by atoms with Gasteiger partial charge in [-0.3, -0.25) is 0 Å². The molecule has 0 atom stereocenters. The molecule has 0 aliphatic rings. The number of aryl methyl sites for hydroxylation is 1. The lowest BCUT2D eigenvalue weighted by Crippen LogP contribution is -2.12. The summed E-state index contributed by atoms with van der Waals surface area (Å²) in [5.41, 5.74) is 2.82. The van der Waals surface area contributed by atoms with Gasteiger partial charge in [0, 0.05) is 0 Å². The summed E-state index contributed by atoms with van der Waals surface area (Å²) < 4.78 is 24.8. The van der Waals surface area contributed by atoms with Crippen molar-refractivity contribution in [2.75, 3.05) is 0 Å². The fraction of sp³-hybridized carbons (Fsp3) is 0.167. The first kappa shape index (κ1) is 20.3. The minimum Gasteiger partial charge on any atom is -0.459 e. The second kappa shape index (κ2) is 8.69. The molecule has 3 aromatic rings. The van der Waals surface area contributed by atoms with E-state index in [0.29, 0.717) is 11.1 Å². The number of hydrogen-bond donors (Lipinski definition) is 0. The van der Waals surface area contributed by atoms with Crippen molar-refractivity contribution >= 4 is 11.9 Å². The Balaban J connectivity index is 1.72. The van der Waals surface area contributed by atoms with Gasteiger partial charge in [-0.25, -0.2) is 14.0 Å². The van der Waals surface area contributed by atoms with Gasteiger partial charge in [-0.05, 0) is 68.3 Å². The molecule has 3 rings (SSSR count). The van der Waals surface area contributed by atoms with Crippen molar-refractivity contribution in [3.8, 4) is 16.9 Å². The summed E-state index contributed by atoms with van der Waals surface area (Å²) >= 11 is 0. The number of ether oxygens (including phenoxy) is 2. The highest BCUT2D eigenvalue weighted by atomic mass is 19.1. The van der Waals surface area contributed by atoms with E-state index in [1.807, 2.05) is 31.2 Å². The molecule has 0 N–H and O–H groups in total. The third-order valence-electron chi connectivity index (χ3n) is 4.22. The van der Waals surface area contributed by atoms with E-state index >= 15 is 0 Å². The van der Waals surface area contributed by atoms with Crippen molar-refractivity contribution in [1.29, 1.82) is 0 Å². The van der Waals surface area contributed by atoms with E-state index < -0.39 is 17.8 Å². The molecule has 29 heavy (non-hydrogen) atoms. The van der Waals surface area contributed by atoms with Crippen LogP contribution in [0.2, 0.25) is 0 Å². The van der Waals surface area contributed by atoms with Crippen LogP contribution in [0.3, 0.4) is 0 Å². The quantitative estimate of drug-likeness (QED) is 0.420. The zero-order valence-electron chi connectivity index (χ0n) is 16.4. The molecule has 0 saturated carbocycles. The molecule has 0 aromatic heterocycles. The van der Waals surface area contributed by atoms with Gasteiger partial charge < -0.3 is 9.47 Å². The van der Waals surface area contributed by atoms with Crippen LogP contribution >= 0.6 is 0 Å². The predicted molar refractivity (Wildman–Crippen MR) is 109 cm³/mol. The molecular weight excluding hydrogens is 371 g/mol. The standard InChI is InChI=1S/C24H21FO4/c1-15(2)28-23(26)18-8-11-20(12-9-18)29-24(27)21-13-10-19(14-22(21)25)17-6-4-16(3)5-7-17/h4-15H,1-3H3. The minimum absolute atomic E-state index is 0.163. The molecule has 3 aromatic carbocycles. The first-order valence-electron chi connectivity index (χ1n) is 9.23. The second-order valence-electron chi connectivity index (χ2n) is 6.93. The topological polar surface area (TPSA) is 52.6 Å². The molecule has 0 unspecified atom stereocenters. The largest absolute Gasteiger partial charge is 0.459 e. The molecule has 0 radical (unpaired) electrons. The van der Waals surface area contributed by atoms with E-state index in [0.717, 1.165) is 11.1 Å². The van der Waals surface area contributed by atoms with Crippen LogP contribution < -0.4 is 4.74 Å². The number of carbonyl (C=O) groups excluding carboxylic acids is 2. The molecule has 0 spiro atoms. The Morgan fingerprint density at radius 2 is 1.45 bits per heavy atom. The zero-order chi connectivity index (χ0) is 21.0. The Morgan fingerprint density at radius 1 is 0.828 bits per heavy atom. The Kier molecular flexibility index (Phi) is 6.07. The van der Waals surface area contributed by atoms with Crippen molar-refractivity contribution in [3.05, 3.63) is 89.2 Å². The summed E-state index contributed by atoms with van der Waals surface area (Å²) in [5.74, 6) is -1.73. The smallest absolute Gasteiger partial charge is 0.346 e. The van der Waals surface area contributed by atoms with Gasteiger partial charge in [0.25, 0.3) is 0 Å². The Bertz CT molecular complexity index is 1020. The Hall–Kier alpha value is -3.47. The van der Waals surface area contributed by atoms with Crippen LogP contribution in [-0.4, -0.2) is 18.0 Å². The molecule has 0 saturated heterocycles. The highest BCUT2D eigenvalue weighted by Crippen LogP contribution is 2.23. The first-order valence-corrected chi connectivity index (χ1v) is 9.23. The highest BCUT2D eigenvalue weighted by Gasteiger charge is 2.16. The lowest BCUT2D eigenvalue weighted by atomic mass is 10.0. The number of carbonyl (C=O) groups is 2. The minimum atomic E-state index is -0.810. The molecule has 0 aliphatic carbocycles. The molecule has 0 aliphatic heterocycles. The molecule has 0 amide bonds. The van der Waals surface area contributed by atoms with E-state index in [-0.39, 0.29) is 17.4 Å². The van der Waals surface area contributed by atoms with E-state index in [4.69, 9.17) is 9.47 Å². The summed E-state index contributed by atoms with van der Waals surface area (Å²) in [5, 5.41) is 0. The van der Waals surface area contributed by atoms with E-state index in [1.54, 1.807) is 19.9 Å². The fourth-order valence-corrected chi connectivity index (χ4v) is 2.71. The van der Waals surface area contributed by atoms with Crippen LogP contribution in [0, 0.1) is 12.7 Å². The van der Waals surface area contributed by atoms with Crippen molar-refractivity contribution < 1.29 is 23.5 Å². The van der Waals surface area contributed by atoms with Gasteiger partial charge in [0.1, 0.15) is 11.6 Å². The number of esters is 2. The van der Waals surface area contributed by atoms with Gasteiger partial charge in [-0.1, -0.05) is 35.9 Å². The van der Waals surface area contributed by atoms with Crippen molar-refractivity contribution in [3.63, 3.8) is 0 Å². The van der Waals surface area contributed by atoms with E-state index in [1.165, 1.54) is 36.4 Å². The van der Waals surface area contributed by atoms with Crippen LogP contribution in [0.5, 0.6) is 5.75 Å². The van der Waals surface area contributed by atoms with Crippen molar-refractivity contribution in [2.24, 2.45) is 0 Å². The van der Waals surface area contributed by atoms with Gasteiger partial charge in [0.2, 0.25) is 0 Å². The molecular formula is C24H21FO4. The van der Waals surface area contributed by atoms with Crippen molar-refractivity contribution in [1.82, 2.24) is 0 Å². The lowest BCUT2D eigenvalue weighted by Gasteiger charge is -2.09. The molecule has 5 heteroatoms. The number of halogens is 1. The van der Waals surface area contributed by atoms with Gasteiger partial charge in [0.15, 0.2) is 0 Å². The van der Waals surface area contributed by atoms with Gasteiger partial charge >= 0.3 is 11.9 Å². The SMILES string of the molecule is Cc1ccc(-c2ccc(C(=O)Oc3ccc(C(=O)OC(C)C)cc3)c(F)c2)cc1. The summed E-state index contributed by atoms with van der Waals surface area (Å²) in [7, 11) is 0. The maximum Gasteiger partial charge on any atom is 0.346 e. The first-order chi connectivity index (χ1) is 13.8. The zero-order valence-corrected chi connectivity index (χ0v) is 16.4. The maximum atomic E-state index is 14.5. The van der Waals surface area contributed by atoms with Crippen LogP contribution in [0.4, 0.5) is 4.39 Å². The fourth-order valence-electron chi connectivity index (χ4n) is 2.71. The number of rotatable bonds is 5. The van der Waals surface area contributed by atoms with Crippen LogP contribution in [-0.2, 0) is 4.74 Å². The maximum absolute atomic E-state index is 14.5. The highest BCUT2D eigenvalue weighted by molar-refractivity contribution is 5.92. The summed E-state index contributed by atoms with van der Waals surface area (Å²) in [6.45, 7) is 5.49. The second-order valence-corrected chi connectivity index (χ2v) is 6.93. The molecule has 0 bridgehead atoms. The third-order valence-corrected chi connectivity index (χ3v) is 4.22. The summed E-state index contributed by atoms with van der Waals surface area (Å²) in [6, 6.07) is 18.0.